The lowest BCUT2D eigenvalue weighted by atomic mass is 9.82. The summed E-state index contributed by atoms with van der Waals surface area (Å²) in [5, 5.41) is 0. The van der Waals surface area contributed by atoms with Crippen molar-refractivity contribution in [2.24, 2.45) is 11.8 Å². The largest absolute Gasteiger partial charge is 0.374 e. The summed E-state index contributed by atoms with van der Waals surface area (Å²) in [5.74, 6) is 1.65. The molecule has 0 amide bonds. The van der Waals surface area contributed by atoms with E-state index in [-0.39, 0.29) is 0 Å². The average Bonchev–Trinajstić information content (AvgIpc) is 2.37. The van der Waals surface area contributed by atoms with E-state index in [2.05, 4.69) is 13.8 Å². The highest BCUT2D eigenvalue weighted by Gasteiger charge is 2.43. The molecule has 0 aromatic carbocycles. The molecule has 0 radical (unpaired) electrons. The van der Waals surface area contributed by atoms with Gasteiger partial charge in [-0.3, -0.25) is 0 Å². The molecule has 0 aromatic rings. The Labute approximate surface area is 56.4 Å². The normalized spacial score (nSPS) is 56.7. The first kappa shape index (κ1) is 5.72. The second kappa shape index (κ2) is 1.72. The molecule has 1 heteroatoms. The summed E-state index contributed by atoms with van der Waals surface area (Å²) in [4.78, 5) is 0. The third kappa shape index (κ3) is 0.644. The highest BCUT2D eigenvalue weighted by molar-refractivity contribution is 4.91. The molecule has 9 heavy (non-hydrogen) atoms. The summed E-state index contributed by atoms with van der Waals surface area (Å²) in [5.41, 5.74) is 0. The summed E-state index contributed by atoms with van der Waals surface area (Å²) < 4.78 is 5.70. The van der Waals surface area contributed by atoms with Crippen LogP contribution in [0.5, 0.6) is 0 Å². The average molecular weight is 126 g/mol. The molecule has 0 aliphatic carbocycles. The summed E-state index contributed by atoms with van der Waals surface area (Å²) in [7, 11) is 0. The minimum absolute atomic E-state index is 0.616. The predicted molar refractivity (Wildman–Crippen MR) is 36.2 cm³/mol. The fourth-order valence-electron chi connectivity index (χ4n) is 2.14. The zero-order valence-electron chi connectivity index (χ0n) is 6.13. The highest BCUT2D eigenvalue weighted by Crippen LogP contribution is 2.42. The van der Waals surface area contributed by atoms with Crippen molar-refractivity contribution in [2.45, 2.75) is 38.9 Å². The first-order chi connectivity index (χ1) is 4.29. The molecule has 0 N–H and O–H groups in total. The predicted octanol–water partition coefficient (Wildman–Crippen LogP) is 1.82. The maximum atomic E-state index is 5.70. The van der Waals surface area contributed by atoms with Gasteiger partial charge in [0.2, 0.25) is 0 Å². The van der Waals surface area contributed by atoms with Crippen LogP contribution in [0.2, 0.25) is 0 Å². The Morgan fingerprint density at radius 1 is 1.00 bits per heavy atom. The molecule has 2 aliphatic rings. The second-order valence-corrected chi connectivity index (χ2v) is 3.51. The molecule has 2 aliphatic heterocycles. The summed E-state index contributed by atoms with van der Waals surface area (Å²) in [6.07, 6.45) is 3.86. The molecule has 2 bridgehead atoms. The lowest BCUT2D eigenvalue weighted by molar-refractivity contribution is 0.0897. The topological polar surface area (TPSA) is 9.23 Å². The highest BCUT2D eigenvalue weighted by atomic mass is 16.5. The van der Waals surface area contributed by atoms with Gasteiger partial charge >= 0.3 is 0 Å². The van der Waals surface area contributed by atoms with Gasteiger partial charge in [-0.25, -0.2) is 0 Å². The molecule has 2 saturated heterocycles. The van der Waals surface area contributed by atoms with Crippen molar-refractivity contribution in [1.82, 2.24) is 0 Å². The van der Waals surface area contributed by atoms with Crippen molar-refractivity contribution in [2.75, 3.05) is 0 Å². The van der Waals surface area contributed by atoms with Crippen LogP contribution < -0.4 is 0 Å². The lowest BCUT2D eigenvalue weighted by Gasteiger charge is -2.19. The lowest BCUT2D eigenvalue weighted by Crippen LogP contribution is -2.21. The molecule has 0 aromatic heterocycles. The van der Waals surface area contributed by atoms with Gasteiger partial charge in [-0.2, -0.15) is 0 Å². The van der Waals surface area contributed by atoms with Crippen LogP contribution in [-0.4, -0.2) is 12.2 Å². The number of hydrogen-bond acceptors (Lipinski definition) is 1. The van der Waals surface area contributed by atoms with E-state index in [0.717, 1.165) is 11.8 Å². The number of hydrogen-bond donors (Lipinski definition) is 0. The molecule has 0 saturated carbocycles. The third-order valence-electron chi connectivity index (χ3n) is 3.09. The van der Waals surface area contributed by atoms with Gasteiger partial charge in [0.1, 0.15) is 0 Å². The molecule has 4 atom stereocenters. The third-order valence-corrected chi connectivity index (χ3v) is 3.09. The van der Waals surface area contributed by atoms with E-state index in [0.29, 0.717) is 12.2 Å². The van der Waals surface area contributed by atoms with E-state index in [9.17, 15) is 0 Å². The van der Waals surface area contributed by atoms with Gasteiger partial charge in [-0.15, -0.1) is 0 Å². The Morgan fingerprint density at radius 3 is 1.67 bits per heavy atom. The molecular weight excluding hydrogens is 112 g/mol. The van der Waals surface area contributed by atoms with Crippen molar-refractivity contribution < 1.29 is 4.74 Å². The van der Waals surface area contributed by atoms with Crippen LogP contribution >= 0.6 is 0 Å². The molecule has 1 nitrogen and oxygen atoms in total. The van der Waals surface area contributed by atoms with Crippen LogP contribution in [0.15, 0.2) is 0 Å². The van der Waals surface area contributed by atoms with Crippen molar-refractivity contribution in [3.05, 3.63) is 0 Å². The molecular formula is C8H14O. The van der Waals surface area contributed by atoms with Crippen LogP contribution in [-0.2, 0) is 4.74 Å². The number of fused-ring (bicyclic) bond motifs is 2. The molecule has 52 valence electrons. The Morgan fingerprint density at radius 2 is 1.44 bits per heavy atom. The first-order valence-electron chi connectivity index (χ1n) is 3.94. The van der Waals surface area contributed by atoms with Crippen LogP contribution in [0.25, 0.3) is 0 Å². The molecule has 2 fully saturated rings. The van der Waals surface area contributed by atoms with Gasteiger partial charge in [0, 0.05) is 0 Å². The maximum Gasteiger partial charge on any atom is 0.0609 e. The standard InChI is InChI=1S/C8H14O/c1-5-6(2)8-4-3-7(5)9-8/h5-8H,3-4H2,1-2H3/t5-,6+,7?,8?. The van der Waals surface area contributed by atoms with E-state index < -0.39 is 0 Å². The zero-order valence-corrected chi connectivity index (χ0v) is 6.13. The second-order valence-electron chi connectivity index (χ2n) is 3.51. The van der Waals surface area contributed by atoms with Gasteiger partial charge < -0.3 is 4.74 Å². The van der Waals surface area contributed by atoms with E-state index in [1.54, 1.807) is 0 Å². The molecule has 0 spiro atoms. The fraction of sp³-hybridized carbons (Fsp3) is 1.00. The fourth-order valence-corrected chi connectivity index (χ4v) is 2.14. The van der Waals surface area contributed by atoms with Crippen molar-refractivity contribution in [1.29, 1.82) is 0 Å². The van der Waals surface area contributed by atoms with Crippen molar-refractivity contribution >= 4 is 0 Å². The Hall–Kier alpha value is -0.0400. The van der Waals surface area contributed by atoms with Gasteiger partial charge in [-0.1, -0.05) is 13.8 Å². The molecule has 2 unspecified atom stereocenters. The quantitative estimate of drug-likeness (QED) is 0.481. The minimum Gasteiger partial charge on any atom is -0.374 e. The maximum absolute atomic E-state index is 5.70. The summed E-state index contributed by atoms with van der Waals surface area (Å²) in [6.45, 7) is 4.63. The Balaban J connectivity index is 2.15. The van der Waals surface area contributed by atoms with Gasteiger partial charge in [0.05, 0.1) is 12.2 Å². The summed E-state index contributed by atoms with van der Waals surface area (Å²) >= 11 is 0. The Bertz CT molecular complexity index is 104. The van der Waals surface area contributed by atoms with E-state index in [4.69, 9.17) is 4.74 Å². The van der Waals surface area contributed by atoms with Gasteiger partial charge in [0.15, 0.2) is 0 Å². The van der Waals surface area contributed by atoms with E-state index in [1.807, 2.05) is 0 Å². The first-order valence-corrected chi connectivity index (χ1v) is 3.94. The van der Waals surface area contributed by atoms with E-state index in [1.165, 1.54) is 12.8 Å². The smallest absolute Gasteiger partial charge is 0.0609 e. The minimum atomic E-state index is 0.616. The van der Waals surface area contributed by atoms with Crippen molar-refractivity contribution in [3.63, 3.8) is 0 Å². The SMILES string of the molecule is C[C@@H]1C2CCC(O2)[C@@H]1C. The zero-order chi connectivity index (χ0) is 6.43. The van der Waals surface area contributed by atoms with Crippen LogP contribution in [0.1, 0.15) is 26.7 Å². The van der Waals surface area contributed by atoms with Gasteiger partial charge in [-0.05, 0) is 24.7 Å². The monoisotopic (exact) mass is 126 g/mol. The number of ether oxygens (including phenoxy) is 1. The summed E-state index contributed by atoms with van der Waals surface area (Å²) in [6, 6.07) is 0. The molecule has 2 heterocycles. The number of rotatable bonds is 0. The van der Waals surface area contributed by atoms with Crippen LogP contribution in [0, 0.1) is 11.8 Å². The Kier molecular flexibility index (Phi) is 1.10. The van der Waals surface area contributed by atoms with Crippen LogP contribution in [0.4, 0.5) is 0 Å². The molecule has 2 rings (SSSR count). The van der Waals surface area contributed by atoms with Crippen LogP contribution in [0.3, 0.4) is 0 Å². The van der Waals surface area contributed by atoms with Gasteiger partial charge in [0.25, 0.3) is 0 Å². The van der Waals surface area contributed by atoms with E-state index >= 15 is 0 Å². The van der Waals surface area contributed by atoms with Crippen molar-refractivity contribution in [3.8, 4) is 0 Å².